The van der Waals surface area contributed by atoms with Crippen molar-refractivity contribution in [3.63, 3.8) is 0 Å². The molecule has 0 radical (unpaired) electrons. The number of rotatable bonds is 13. The highest BCUT2D eigenvalue weighted by atomic mass is 16.6. The number of hydrogen-bond donors (Lipinski definition) is 4. The van der Waals surface area contributed by atoms with Gasteiger partial charge in [0.15, 0.2) is 0 Å². The van der Waals surface area contributed by atoms with Gasteiger partial charge in [-0.2, -0.15) is 0 Å². The molecule has 0 bridgehead atoms. The molecule has 0 aliphatic heterocycles. The zero-order valence-electron chi connectivity index (χ0n) is 18.9. The summed E-state index contributed by atoms with van der Waals surface area (Å²) >= 11 is 0. The van der Waals surface area contributed by atoms with Crippen molar-refractivity contribution in [2.24, 2.45) is 5.73 Å². The summed E-state index contributed by atoms with van der Waals surface area (Å²) in [6, 6.07) is 17.8. The summed E-state index contributed by atoms with van der Waals surface area (Å²) in [5, 5.41) is 33.7. The molecule has 184 valence electrons. The molecule has 10 heteroatoms. The first kappa shape index (κ1) is 25.5. The Morgan fingerprint density at radius 2 is 1.71 bits per heavy atom. The summed E-state index contributed by atoms with van der Waals surface area (Å²) in [7, 11) is 0. The zero-order chi connectivity index (χ0) is 25.2. The molecule has 3 aromatic rings. The largest absolute Gasteiger partial charge is 0.507 e. The number of carbonyl (C=O) groups excluding carboxylic acids is 1. The average molecular weight is 482 g/mol. The van der Waals surface area contributed by atoms with E-state index in [0.29, 0.717) is 37.6 Å². The fraction of sp³-hybridized carbons (Fsp3) is 0.240. The van der Waals surface area contributed by atoms with Gasteiger partial charge < -0.3 is 30.7 Å². The van der Waals surface area contributed by atoms with Crippen LogP contribution in [0.5, 0.6) is 17.2 Å². The summed E-state index contributed by atoms with van der Waals surface area (Å²) < 4.78 is 11.2. The molecule has 0 aromatic heterocycles. The van der Waals surface area contributed by atoms with Crippen LogP contribution in [-0.2, 0) is 13.0 Å². The standard InChI is InChI=1S/C25H27N3O7/c26-25(31)23-13-22(9-10-24(23)30)34-12-11-17-3-1-2-4-18(17)14-27-15-20(29)16-35-21-7-5-19(6-8-21)28(32)33/h1-10,13,20,27,29-30H,11-12,14-16H2,(H2,26,31). The molecule has 35 heavy (non-hydrogen) atoms. The molecule has 0 heterocycles. The van der Waals surface area contributed by atoms with E-state index >= 15 is 0 Å². The number of aliphatic hydroxyl groups excluding tert-OH is 1. The maximum Gasteiger partial charge on any atom is 0.269 e. The van der Waals surface area contributed by atoms with Gasteiger partial charge in [0, 0.05) is 31.6 Å². The summed E-state index contributed by atoms with van der Waals surface area (Å²) in [6.45, 7) is 1.21. The number of hydrogen-bond acceptors (Lipinski definition) is 8. The lowest BCUT2D eigenvalue weighted by molar-refractivity contribution is -0.384. The molecule has 0 aliphatic rings. The maximum absolute atomic E-state index is 11.4. The number of nitro groups is 1. The normalized spacial score (nSPS) is 11.6. The molecular weight excluding hydrogens is 454 g/mol. The predicted molar refractivity (Wildman–Crippen MR) is 129 cm³/mol. The van der Waals surface area contributed by atoms with Gasteiger partial charge >= 0.3 is 0 Å². The van der Waals surface area contributed by atoms with Crippen molar-refractivity contribution >= 4 is 11.6 Å². The van der Waals surface area contributed by atoms with E-state index in [4.69, 9.17) is 15.2 Å². The number of phenols is 1. The number of benzene rings is 3. The number of aliphatic hydroxyl groups is 1. The van der Waals surface area contributed by atoms with E-state index in [2.05, 4.69) is 5.32 Å². The van der Waals surface area contributed by atoms with E-state index in [1.54, 1.807) is 6.07 Å². The Balaban J connectivity index is 1.44. The van der Waals surface area contributed by atoms with E-state index in [-0.39, 0.29) is 23.6 Å². The molecule has 0 aliphatic carbocycles. The van der Waals surface area contributed by atoms with Gasteiger partial charge in [0.05, 0.1) is 17.1 Å². The van der Waals surface area contributed by atoms with Crippen LogP contribution in [0.25, 0.3) is 0 Å². The van der Waals surface area contributed by atoms with Crippen LogP contribution in [0, 0.1) is 10.1 Å². The molecule has 10 nitrogen and oxygen atoms in total. The summed E-state index contributed by atoms with van der Waals surface area (Å²) in [4.78, 5) is 21.6. The van der Waals surface area contributed by atoms with Crippen molar-refractivity contribution in [1.29, 1.82) is 0 Å². The lowest BCUT2D eigenvalue weighted by Crippen LogP contribution is -2.31. The monoisotopic (exact) mass is 481 g/mol. The molecule has 1 amide bonds. The number of non-ortho nitro benzene ring substituents is 1. The molecule has 0 fully saturated rings. The van der Waals surface area contributed by atoms with Crippen LogP contribution in [0.3, 0.4) is 0 Å². The Bertz CT molecular complexity index is 1150. The Hall–Kier alpha value is -4.15. The van der Waals surface area contributed by atoms with Crippen LogP contribution in [-0.4, -0.2) is 46.9 Å². The topological polar surface area (TPSA) is 157 Å². The minimum Gasteiger partial charge on any atom is -0.507 e. The first-order valence-electron chi connectivity index (χ1n) is 10.9. The highest BCUT2D eigenvalue weighted by molar-refractivity contribution is 5.95. The summed E-state index contributed by atoms with van der Waals surface area (Å²) in [5.41, 5.74) is 7.33. The van der Waals surface area contributed by atoms with Gasteiger partial charge in [0.2, 0.25) is 0 Å². The highest BCUT2D eigenvalue weighted by Crippen LogP contribution is 2.23. The van der Waals surface area contributed by atoms with Gasteiger partial charge in [-0.1, -0.05) is 24.3 Å². The van der Waals surface area contributed by atoms with Crippen molar-refractivity contribution in [2.75, 3.05) is 19.8 Å². The van der Waals surface area contributed by atoms with Crippen molar-refractivity contribution in [2.45, 2.75) is 19.1 Å². The Kier molecular flexibility index (Phi) is 8.99. The maximum atomic E-state index is 11.4. The van der Waals surface area contributed by atoms with Gasteiger partial charge in [-0.15, -0.1) is 0 Å². The second-order valence-electron chi connectivity index (χ2n) is 7.76. The van der Waals surface area contributed by atoms with Crippen LogP contribution in [0.1, 0.15) is 21.5 Å². The molecule has 3 aromatic carbocycles. The molecule has 0 saturated heterocycles. The second-order valence-corrected chi connectivity index (χ2v) is 7.76. The lowest BCUT2D eigenvalue weighted by Gasteiger charge is -2.15. The fourth-order valence-corrected chi connectivity index (χ4v) is 3.34. The Morgan fingerprint density at radius 1 is 1.03 bits per heavy atom. The molecule has 0 saturated carbocycles. The van der Waals surface area contributed by atoms with E-state index < -0.39 is 16.9 Å². The van der Waals surface area contributed by atoms with Gasteiger partial charge in [0.1, 0.15) is 30.0 Å². The number of nitrogens with zero attached hydrogens (tertiary/aromatic N) is 1. The molecule has 1 unspecified atom stereocenters. The van der Waals surface area contributed by atoms with Crippen LogP contribution >= 0.6 is 0 Å². The van der Waals surface area contributed by atoms with Crippen LogP contribution in [0.15, 0.2) is 66.7 Å². The highest BCUT2D eigenvalue weighted by Gasteiger charge is 2.11. The third-order valence-electron chi connectivity index (χ3n) is 5.18. The number of aromatic hydroxyl groups is 1. The number of carbonyl (C=O) groups is 1. The third kappa shape index (κ3) is 7.70. The molecule has 1 atom stereocenters. The third-order valence-corrected chi connectivity index (χ3v) is 5.18. The van der Waals surface area contributed by atoms with Gasteiger partial charge in [-0.05, 0) is 41.5 Å². The minimum absolute atomic E-state index is 0.00298. The van der Waals surface area contributed by atoms with E-state index in [1.807, 2.05) is 24.3 Å². The van der Waals surface area contributed by atoms with Gasteiger partial charge in [0.25, 0.3) is 11.6 Å². The molecule has 5 N–H and O–H groups in total. The van der Waals surface area contributed by atoms with Gasteiger partial charge in [-0.3, -0.25) is 14.9 Å². The number of nitrogens with one attached hydrogen (secondary N) is 1. The van der Waals surface area contributed by atoms with Crippen molar-refractivity contribution < 1.29 is 29.4 Å². The SMILES string of the molecule is NC(=O)c1cc(OCCc2ccccc2CNCC(O)COc2ccc([N+](=O)[O-])cc2)ccc1O. The molecular formula is C25H27N3O7. The number of nitrogens with two attached hydrogens (primary N) is 1. The van der Waals surface area contributed by atoms with Crippen LogP contribution < -0.4 is 20.5 Å². The van der Waals surface area contributed by atoms with Crippen molar-refractivity contribution in [1.82, 2.24) is 5.32 Å². The predicted octanol–water partition coefficient (Wildman–Crippen LogP) is 2.55. The number of primary amides is 1. The first-order chi connectivity index (χ1) is 16.8. The molecule has 0 spiro atoms. The average Bonchev–Trinajstić information content (AvgIpc) is 2.84. The molecule has 3 rings (SSSR count). The zero-order valence-corrected chi connectivity index (χ0v) is 18.9. The number of amides is 1. The summed E-state index contributed by atoms with van der Waals surface area (Å²) in [5.74, 6) is -0.0498. The number of nitro benzene ring substituents is 1. The second kappa shape index (κ2) is 12.4. The van der Waals surface area contributed by atoms with Crippen LogP contribution in [0.2, 0.25) is 0 Å². The summed E-state index contributed by atoms with van der Waals surface area (Å²) in [6.07, 6.45) is -0.161. The van der Waals surface area contributed by atoms with E-state index in [0.717, 1.165) is 11.1 Å². The minimum atomic E-state index is -0.769. The van der Waals surface area contributed by atoms with Crippen molar-refractivity contribution in [3.8, 4) is 17.2 Å². The first-order valence-corrected chi connectivity index (χ1v) is 10.9. The Morgan fingerprint density at radius 3 is 2.40 bits per heavy atom. The number of ether oxygens (including phenoxy) is 2. The van der Waals surface area contributed by atoms with Gasteiger partial charge in [-0.25, -0.2) is 0 Å². The lowest BCUT2D eigenvalue weighted by atomic mass is 10.0. The Labute approximate surface area is 202 Å². The van der Waals surface area contributed by atoms with E-state index in [1.165, 1.54) is 36.4 Å². The van der Waals surface area contributed by atoms with Crippen LogP contribution in [0.4, 0.5) is 5.69 Å². The smallest absolute Gasteiger partial charge is 0.269 e. The van der Waals surface area contributed by atoms with E-state index in [9.17, 15) is 25.1 Å². The van der Waals surface area contributed by atoms with Crippen molar-refractivity contribution in [3.05, 3.63) is 93.5 Å². The fourth-order valence-electron chi connectivity index (χ4n) is 3.34. The quantitative estimate of drug-likeness (QED) is 0.214.